The van der Waals surface area contributed by atoms with Crippen LogP contribution in [0.5, 0.6) is 5.75 Å². The van der Waals surface area contributed by atoms with E-state index in [1.54, 1.807) is 19.2 Å². The van der Waals surface area contributed by atoms with Crippen molar-refractivity contribution in [1.82, 2.24) is 9.97 Å². The van der Waals surface area contributed by atoms with Crippen molar-refractivity contribution < 1.29 is 9.53 Å². The Balaban J connectivity index is 1.91. The van der Waals surface area contributed by atoms with Crippen LogP contribution in [0.1, 0.15) is 21.6 Å². The van der Waals surface area contributed by atoms with Crippen molar-refractivity contribution in [3.8, 4) is 5.75 Å². The number of methoxy groups -OCH3 is 1. The summed E-state index contributed by atoms with van der Waals surface area (Å²) in [6.07, 6.45) is 3.05. The Bertz CT molecular complexity index is 862. The van der Waals surface area contributed by atoms with Crippen LogP contribution >= 0.6 is 0 Å². The summed E-state index contributed by atoms with van der Waals surface area (Å²) in [5.74, 6) is 0.360. The number of amides is 1. The summed E-state index contributed by atoms with van der Waals surface area (Å²) in [6, 6.07) is 13.4. The van der Waals surface area contributed by atoms with Crippen molar-refractivity contribution in [3.05, 3.63) is 65.6 Å². The summed E-state index contributed by atoms with van der Waals surface area (Å²) < 4.78 is 5.24. The Labute approximate surface area is 134 Å². The molecule has 2 N–H and O–H groups in total. The molecule has 0 aliphatic carbocycles. The smallest absolute Gasteiger partial charge is 0.250 e. The molecule has 1 amide bonds. The highest BCUT2D eigenvalue weighted by Crippen LogP contribution is 2.21. The van der Waals surface area contributed by atoms with E-state index in [9.17, 15) is 4.79 Å². The second-order valence-corrected chi connectivity index (χ2v) is 5.24. The molecule has 0 radical (unpaired) electrons. The van der Waals surface area contributed by atoms with Crippen LogP contribution in [0.3, 0.4) is 0 Å². The molecule has 0 spiro atoms. The number of ether oxygens (including phenoxy) is 1. The number of rotatable bonds is 5. The number of para-hydroxylation sites is 1. The number of hydrogen-bond donors (Lipinski definition) is 1. The van der Waals surface area contributed by atoms with Crippen LogP contribution in [0.2, 0.25) is 0 Å². The van der Waals surface area contributed by atoms with Gasteiger partial charge >= 0.3 is 0 Å². The molecule has 0 unspecified atom stereocenters. The molecule has 0 bridgehead atoms. The third-order valence-corrected chi connectivity index (χ3v) is 3.80. The Morgan fingerprint density at radius 3 is 2.74 bits per heavy atom. The fourth-order valence-electron chi connectivity index (χ4n) is 2.63. The summed E-state index contributed by atoms with van der Waals surface area (Å²) in [4.78, 5) is 20.1. The lowest BCUT2D eigenvalue weighted by atomic mass is 10.0. The normalized spacial score (nSPS) is 10.7. The molecule has 0 aliphatic heterocycles. The van der Waals surface area contributed by atoms with Crippen LogP contribution in [-0.2, 0) is 12.8 Å². The first-order valence-electron chi connectivity index (χ1n) is 7.34. The zero-order valence-electron chi connectivity index (χ0n) is 12.8. The first-order valence-corrected chi connectivity index (χ1v) is 7.34. The van der Waals surface area contributed by atoms with E-state index in [-0.39, 0.29) is 0 Å². The zero-order valence-corrected chi connectivity index (χ0v) is 12.8. The fourth-order valence-corrected chi connectivity index (χ4v) is 2.63. The van der Waals surface area contributed by atoms with Gasteiger partial charge in [0.15, 0.2) is 0 Å². The minimum absolute atomic E-state index is 0.424. The van der Waals surface area contributed by atoms with Gasteiger partial charge in [-0.05, 0) is 36.6 Å². The summed E-state index contributed by atoms with van der Waals surface area (Å²) in [6.45, 7) is 0. The number of hydrogen-bond acceptors (Lipinski definition) is 4. The van der Waals surface area contributed by atoms with Gasteiger partial charge < -0.3 is 10.5 Å². The largest absolute Gasteiger partial charge is 0.497 e. The number of carbonyl (C=O) groups excluding carboxylic acids is 1. The first-order chi connectivity index (χ1) is 11.2. The lowest BCUT2D eigenvalue weighted by Crippen LogP contribution is -2.12. The number of carbonyl (C=O) groups is 1. The molecule has 116 valence electrons. The monoisotopic (exact) mass is 307 g/mol. The van der Waals surface area contributed by atoms with Gasteiger partial charge in [0.1, 0.15) is 12.1 Å². The highest BCUT2D eigenvalue weighted by atomic mass is 16.5. The highest BCUT2D eigenvalue weighted by molar-refractivity contribution is 6.05. The third kappa shape index (κ3) is 3.13. The maximum Gasteiger partial charge on any atom is 0.250 e. The van der Waals surface area contributed by atoms with E-state index in [1.807, 2.05) is 24.3 Å². The second kappa shape index (κ2) is 6.44. The molecule has 3 rings (SSSR count). The molecular weight excluding hydrogens is 290 g/mol. The van der Waals surface area contributed by atoms with E-state index in [0.29, 0.717) is 11.1 Å². The van der Waals surface area contributed by atoms with Crippen molar-refractivity contribution in [2.75, 3.05) is 7.11 Å². The van der Waals surface area contributed by atoms with Gasteiger partial charge in [0, 0.05) is 5.39 Å². The van der Waals surface area contributed by atoms with Crippen LogP contribution in [0, 0.1) is 0 Å². The van der Waals surface area contributed by atoms with E-state index < -0.39 is 5.91 Å². The Hall–Kier alpha value is -2.95. The SMILES string of the molecule is COc1cccc(CCc2ncnc3c(C(N)=O)cccc23)c1. The molecule has 0 fully saturated rings. The maximum atomic E-state index is 11.5. The summed E-state index contributed by atoms with van der Waals surface area (Å²) in [7, 11) is 1.66. The van der Waals surface area contributed by atoms with Gasteiger partial charge in [-0.15, -0.1) is 0 Å². The van der Waals surface area contributed by atoms with Gasteiger partial charge in [-0.1, -0.05) is 24.3 Å². The summed E-state index contributed by atoms with van der Waals surface area (Å²) in [5.41, 5.74) is 8.52. The zero-order chi connectivity index (χ0) is 16.2. The number of fused-ring (bicyclic) bond motifs is 1. The maximum absolute atomic E-state index is 11.5. The predicted molar refractivity (Wildman–Crippen MR) is 88.5 cm³/mol. The summed E-state index contributed by atoms with van der Waals surface area (Å²) >= 11 is 0. The number of primary amides is 1. The molecule has 1 heterocycles. The molecule has 23 heavy (non-hydrogen) atoms. The number of nitrogens with zero attached hydrogens (tertiary/aromatic N) is 2. The molecule has 1 aromatic heterocycles. The average molecular weight is 307 g/mol. The van der Waals surface area contributed by atoms with Gasteiger partial charge in [-0.2, -0.15) is 0 Å². The van der Waals surface area contributed by atoms with Gasteiger partial charge in [0.05, 0.1) is 23.9 Å². The molecule has 2 aromatic carbocycles. The molecular formula is C18H17N3O2. The molecule has 3 aromatic rings. The van der Waals surface area contributed by atoms with Crippen LogP contribution in [-0.4, -0.2) is 23.0 Å². The standard InChI is InChI=1S/C18H17N3O2/c1-23-13-5-2-4-12(10-13)8-9-16-14-6-3-7-15(18(19)22)17(14)21-11-20-16/h2-7,10-11H,8-9H2,1H3,(H2,19,22). The van der Waals surface area contributed by atoms with Crippen molar-refractivity contribution in [2.45, 2.75) is 12.8 Å². The fraction of sp³-hybridized carbons (Fsp3) is 0.167. The van der Waals surface area contributed by atoms with Gasteiger partial charge in [0.2, 0.25) is 0 Å². The van der Waals surface area contributed by atoms with Crippen LogP contribution < -0.4 is 10.5 Å². The first kappa shape index (κ1) is 15.0. The van der Waals surface area contributed by atoms with Crippen molar-refractivity contribution >= 4 is 16.8 Å². The van der Waals surface area contributed by atoms with Crippen LogP contribution in [0.4, 0.5) is 0 Å². The number of nitrogens with two attached hydrogens (primary N) is 1. The van der Waals surface area contributed by atoms with E-state index in [2.05, 4.69) is 16.0 Å². The lowest BCUT2D eigenvalue weighted by Gasteiger charge is -2.08. The van der Waals surface area contributed by atoms with Crippen molar-refractivity contribution in [2.24, 2.45) is 5.73 Å². The minimum Gasteiger partial charge on any atom is -0.497 e. The number of aromatic nitrogens is 2. The Kier molecular flexibility index (Phi) is 4.19. The minimum atomic E-state index is -0.479. The molecule has 5 heteroatoms. The van der Waals surface area contributed by atoms with E-state index in [1.165, 1.54) is 11.9 Å². The van der Waals surface area contributed by atoms with Crippen LogP contribution in [0.25, 0.3) is 10.9 Å². The van der Waals surface area contributed by atoms with E-state index in [0.717, 1.165) is 29.7 Å². The predicted octanol–water partition coefficient (Wildman–Crippen LogP) is 2.52. The van der Waals surface area contributed by atoms with Gasteiger partial charge in [-0.3, -0.25) is 4.79 Å². The highest BCUT2D eigenvalue weighted by Gasteiger charge is 2.11. The molecule has 0 aliphatic rings. The number of aryl methyl sites for hydroxylation is 2. The van der Waals surface area contributed by atoms with E-state index >= 15 is 0 Å². The van der Waals surface area contributed by atoms with Gasteiger partial charge in [-0.25, -0.2) is 9.97 Å². The molecule has 5 nitrogen and oxygen atoms in total. The second-order valence-electron chi connectivity index (χ2n) is 5.24. The van der Waals surface area contributed by atoms with Crippen molar-refractivity contribution in [1.29, 1.82) is 0 Å². The third-order valence-electron chi connectivity index (χ3n) is 3.80. The lowest BCUT2D eigenvalue weighted by molar-refractivity contribution is 0.100. The molecule has 0 atom stereocenters. The quantitative estimate of drug-likeness (QED) is 0.785. The van der Waals surface area contributed by atoms with E-state index in [4.69, 9.17) is 10.5 Å². The number of benzene rings is 2. The Morgan fingerprint density at radius 2 is 1.96 bits per heavy atom. The van der Waals surface area contributed by atoms with Crippen molar-refractivity contribution in [3.63, 3.8) is 0 Å². The molecule has 0 saturated heterocycles. The average Bonchev–Trinajstić information content (AvgIpc) is 2.59. The molecule has 0 saturated carbocycles. The van der Waals surface area contributed by atoms with Gasteiger partial charge in [0.25, 0.3) is 5.91 Å². The summed E-state index contributed by atoms with van der Waals surface area (Å²) in [5, 5.41) is 0.867. The Morgan fingerprint density at radius 1 is 1.13 bits per heavy atom. The van der Waals surface area contributed by atoms with Crippen LogP contribution in [0.15, 0.2) is 48.8 Å². The topological polar surface area (TPSA) is 78.1 Å².